The molecule has 0 fully saturated rings. The summed E-state index contributed by atoms with van der Waals surface area (Å²) in [5.41, 5.74) is 0. The van der Waals surface area contributed by atoms with Crippen molar-refractivity contribution in [1.29, 1.82) is 0 Å². The lowest BCUT2D eigenvalue weighted by Gasteiger charge is -1.79. The van der Waals surface area contributed by atoms with E-state index in [1.807, 2.05) is 6.08 Å². The summed E-state index contributed by atoms with van der Waals surface area (Å²) >= 11 is 0. The first-order chi connectivity index (χ1) is 3.91. The molecular weight excluding hydrogens is 100 g/mol. The van der Waals surface area contributed by atoms with Gasteiger partial charge in [0, 0.05) is 6.42 Å². The van der Waals surface area contributed by atoms with Crippen LogP contribution in [0.1, 0.15) is 26.2 Å². The van der Waals surface area contributed by atoms with Gasteiger partial charge < -0.3 is 4.79 Å². The van der Waals surface area contributed by atoms with E-state index in [2.05, 4.69) is 13.0 Å². The molecule has 0 aliphatic heterocycles. The monoisotopic (exact) mass is 112 g/mol. The quantitative estimate of drug-likeness (QED) is 0.308. The molecule has 0 radical (unpaired) electrons. The van der Waals surface area contributed by atoms with E-state index in [1.165, 1.54) is 0 Å². The minimum Gasteiger partial charge on any atom is -0.303 e. The summed E-state index contributed by atoms with van der Waals surface area (Å²) in [5, 5.41) is 0. The number of hydrogen-bond donors (Lipinski definition) is 0. The number of carbonyl (C=O) groups is 1. The molecule has 0 saturated carbocycles. The van der Waals surface area contributed by atoms with E-state index in [1.54, 1.807) is 0 Å². The maximum absolute atomic E-state index is 9.73. The molecular formula is C7H12O. The van der Waals surface area contributed by atoms with Gasteiger partial charge in [0.1, 0.15) is 6.29 Å². The average Bonchev–Trinajstić information content (AvgIpc) is 1.81. The van der Waals surface area contributed by atoms with Crippen LogP contribution >= 0.6 is 0 Å². The highest BCUT2D eigenvalue weighted by atomic mass is 16.1. The fourth-order valence-electron chi connectivity index (χ4n) is 0.449. The molecule has 1 nitrogen and oxygen atoms in total. The van der Waals surface area contributed by atoms with E-state index in [9.17, 15) is 4.79 Å². The molecule has 0 aromatic carbocycles. The number of carbonyl (C=O) groups excluding carboxylic acids is 1. The van der Waals surface area contributed by atoms with Crippen LogP contribution < -0.4 is 0 Å². The van der Waals surface area contributed by atoms with Gasteiger partial charge >= 0.3 is 0 Å². The van der Waals surface area contributed by atoms with Gasteiger partial charge in [-0.3, -0.25) is 0 Å². The summed E-state index contributed by atoms with van der Waals surface area (Å²) in [7, 11) is 0. The van der Waals surface area contributed by atoms with E-state index < -0.39 is 0 Å². The summed E-state index contributed by atoms with van der Waals surface area (Å²) < 4.78 is 0. The number of rotatable bonds is 4. The summed E-state index contributed by atoms with van der Waals surface area (Å²) in [6, 6.07) is 0. The lowest BCUT2D eigenvalue weighted by atomic mass is 10.3. The number of unbranched alkanes of at least 4 members (excludes halogenated alkanes) is 1. The van der Waals surface area contributed by atoms with Crippen molar-refractivity contribution >= 4 is 6.29 Å². The van der Waals surface area contributed by atoms with Gasteiger partial charge in [-0.2, -0.15) is 0 Å². The zero-order valence-corrected chi connectivity index (χ0v) is 5.26. The third-order valence-corrected chi connectivity index (χ3v) is 0.854. The van der Waals surface area contributed by atoms with Crippen molar-refractivity contribution in [2.75, 3.05) is 0 Å². The Morgan fingerprint density at radius 1 is 1.25 bits per heavy atom. The summed E-state index contributed by atoms with van der Waals surface area (Å²) in [6.07, 6.45) is 7.69. The van der Waals surface area contributed by atoms with Crippen LogP contribution in [0.15, 0.2) is 12.2 Å². The zero-order chi connectivity index (χ0) is 6.24. The Balaban J connectivity index is 2.90. The van der Waals surface area contributed by atoms with E-state index >= 15 is 0 Å². The van der Waals surface area contributed by atoms with Crippen molar-refractivity contribution < 1.29 is 4.79 Å². The average molecular weight is 112 g/mol. The molecule has 0 heterocycles. The third kappa shape index (κ3) is 5.41. The van der Waals surface area contributed by atoms with Gasteiger partial charge in [-0.1, -0.05) is 19.1 Å². The Hall–Kier alpha value is -0.590. The number of aldehydes is 1. The van der Waals surface area contributed by atoms with Crippen LogP contribution in [0.3, 0.4) is 0 Å². The first kappa shape index (κ1) is 7.41. The van der Waals surface area contributed by atoms with Crippen LogP contribution in [-0.4, -0.2) is 6.29 Å². The Labute approximate surface area is 50.4 Å². The first-order valence-corrected chi connectivity index (χ1v) is 3.00. The molecule has 0 rings (SSSR count). The Morgan fingerprint density at radius 2 is 2.00 bits per heavy atom. The maximum Gasteiger partial charge on any atom is 0.120 e. The summed E-state index contributed by atoms with van der Waals surface area (Å²) in [4.78, 5) is 9.73. The molecule has 0 aliphatic carbocycles. The van der Waals surface area contributed by atoms with Crippen LogP contribution in [0.2, 0.25) is 0 Å². The van der Waals surface area contributed by atoms with Crippen LogP contribution in [0.25, 0.3) is 0 Å². The molecule has 0 aliphatic rings. The topological polar surface area (TPSA) is 17.1 Å². The Kier molecular flexibility index (Phi) is 5.94. The molecule has 0 N–H and O–H groups in total. The molecule has 0 amide bonds. The van der Waals surface area contributed by atoms with Crippen LogP contribution in [-0.2, 0) is 4.79 Å². The summed E-state index contributed by atoms with van der Waals surface area (Å²) in [5.74, 6) is 0. The maximum atomic E-state index is 9.73. The number of hydrogen-bond acceptors (Lipinski definition) is 1. The first-order valence-electron chi connectivity index (χ1n) is 3.00. The summed E-state index contributed by atoms with van der Waals surface area (Å²) in [6.45, 7) is 2.08. The molecule has 0 bridgehead atoms. The van der Waals surface area contributed by atoms with Gasteiger partial charge in [0.15, 0.2) is 0 Å². The van der Waals surface area contributed by atoms with Crippen molar-refractivity contribution in [2.45, 2.75) is 26.2 Å². The minimum absolute atomic E-state index is 0.663. The molecule has 0 unspecified atom stereocenters. The molecule has 46 valence electrons. The lowest BCUT2D eigenvalue weighted by Crippen LogP contribution is -1.69. The molecule has 8 heavy (non-hydrogen) atoms. The molecule has 1 heteroatoms. The predicted octanol–water partition coefficient (Wildman–Crippen LogP) is 1.93. The molecule has 0 aromatic heterocycles. The molecule has 0 spiro atoms. The van der Waals surface area contributed by atoms with E-state index in [-0.39, 0.29) is 0 Å². The van der Waals surface area contributed by atoms with Crippen LogP contribution in [0, 0.1) is 0 Å². The molecule has 0 aromatic rings. The Morgan fingerprint density at radius 3 is 2.50 bits per heavy atom. The van der Waals surface area contributed by atoms with Gasteiger partial charge in [0.2, 0.25) is 0 Å². The second-order valence-corrected chi connectivity index (χ2v) is 1.62. The van der Waals surface area contributed by atoms with Crippen LogP contribution in [0.4, 0.5) is 0 Å². The van der Waals surface area contributed by atoms with Gasteiger partial charge in [0.05, 0.1) is 0 Å². The highest BCUT2D eigenvalue weighted by Gasteiger charge is 1.74. The van der Waals surface area contributed by atoms with E-state index in [0.717, 1.165) is 19.1 Å². The van der Waals surface area contributed by atoms with Crippen molar-refractivity contribution in [3.63, 3.8) is 0 Å². The lowest BCUT2D eigenvalue weighted by molar-refractivity contribution is -0.107. The SMILES string of the molecule is CCC=CCCC=O. The highest BCUT2D eigenvalue weighted by molar-refractivity contribution is 5.49. The fourth-order valence-corrected chi connectivity index (χ4v) is 0.449. The van der Waals surface area contributed by atoms with Gasteiger partial charge in [0.25, 0.3) is 0 Å². The van der Waals surface area contributed by atoms with Gasteiger partial charge in [-0.15, -0.1) is 0 Å². The molecule has 0 saturated heterocycles. The van der Waals surface area contributed by atoms with Crippen molar-refractivity contribution in [3.8, 4) is 0 Å². The van der Waals surface area contributed by atoms with Crippen molar-refractivity contribution in [1.82, 2.24) is 0 Å². The molecule has 0 atom stereocenters. The van der Waals surface area contributed by atoms with E-state index in [4.69, 9.17) is 0 Å². The smallest absolute Gasteiger partial charge is 0.120 e. The van der Waals surface area contributed by atoms with E-state index in [0.29, 0.717) is 6.42 Å². The second kappa shape index (κ2) is 6.41. The third-order valence-electron chi connectivity index (χ3n) is 0.854. The zero-order valence-electron chi connectivity index (χ0n) is 5.26. The van der Waals surface area contributed by atoms with Crippen molar-refractivity contribution in [3.05, 3.63) is 12.2 Å². The van der Waals surface area contributed by atoms with Gasteiger partial charge in [-0.05, 0) is 12.8 Å². The second-order valence-electron chi connectivity index (χ2n) is 1.62. The Bertz CT molecular complexity index is 74.5. The standard InChI is InChI=1S/C7H12O/c1-2-3-4-5-6-7-8/h3-4,7H,2,5-6H2,1H3. The highest BCUT2D eigenvalue weighted by Crippen LogP contribution is 1.87. The van der Waals surface area contributed by atoms with Crippen molar-refractivity contribution in [2.24, 2.45) is 0 Å². The largest absolute Gasteiger partial charge is 0.303 e. The van der Waals surface area contributed by atoms with Gasteiger partial charge in [-0.25, -0.2) is 0 Å². The predicted molar refractivity (Wildman–Crippen MR) is 34.7 cm³/mol. The normalized spacial score (nSPS) is 10.1. The van der Waals surface area contributed by atoms with Crippen LogP contribution in [0.5, 0.6) is 0 Å². The fraction of sp³-hybridized carbons (Fsp3) is 0.571. The minimum atomic E-state index is 0.663. The number of allylic oxidation sites excluding steroid dienone is 2.